The first-order valence-corrected chi connectivity index (χ1v) is 8.05. The van der Waals surface area contributed by atoms with Gasteiger partial charge < -0.3 is 0 Å². The molecule has 0 bridgehead atoms. The van der Waals surface area contributed by atoms with E-state index < -0.39 is 10.0 Å². The SMILES string of the molecule is N#Cc1ccc(CS(=O)(=O)NCCCn2ccnn2)cc1. The molecule has 1 N–H and O–H groups in total. The summed E-state index contributed by atoms with van der Waals surface area (Å²) in [5, 5.41) is 16.2. The lowest BCUT2D eigenvalue weighted by Crippen LogP contribution is -2.27. The summed E-state index contributed by atoms with van der Waals surface area (Å²) in [5.41, 5.74) is 1.16. The molecule has 7 nitrogen and oxygen atoms in total. The first-order chi connectivity index (χ1) is 10.1. The van der Waals surface area contributed by atoms with E-state index in [9.17, 15) is 8.42 Å². The second kappa shape index (κ2) is 6.97. The molecular weight excluding hydrogens is 290 g/mol. The summed E-state index contributed by atoms with van der Waals surface area (Å²) in [6, 6.07) is 8.50. The van der Waals surface area contributed by atoms with Gasteiger partial charge in [-0.05, 0) is 24.1 Å². The lowest BCUT2D eigenvalue weighted by molar-refractivity contribution is 0.542. The van der Waals surface area contributed by atoms with Gasteiger partial charge in [0.15, 0.2) is 0 Å². The highest BCUT2D eigenvalue weighted by molar-refractivity contribution is 7.88. The Balaban J connectivity index is 1.79. The highest BCUT2D eigenvalue weighted by Gasteiger charge is 2.10. The van der Waals surface area contributed by atoms with Crippen LogP contribution in [0.5, 0.6) is 0 Å². The van der Waals surface area contributed by atoms with Crippen molar-refractivity contribution in [2.24, 2.45) is 0 Å². The highest BCUT2D eigenvalue weighted by atomic mass is 32.2. The Kier molecular flexibility index (Phi) is 5.03. The Morgan fingerprint density at radius 3 is 2.67 bits per heavy atom. The average Bonchev–Trinajstić information content (AvgIpc) is 2.97. The fourth-order valence-corrected chi connectivity index (χ4v) is 2.96. The first-order valence-electron chi connectivity index (χ1n) is 6.39. The van der Waals surface area contributed by atoms with Crippen LogP contribution in [0.4, 0.5) is 0 Å². The van der Waals surface area contributed by atoms with E-state index in [4.69, 9.17) is 5.26 Å². The number of rotatable bonds is 7. The van der Waals surface area contributed by atoms with Gasteiger partial charge in [-0.3, -0.25) is 4.68 Å². The number of hydrogen-bond donors (Lipinski definition) is 1. The maximum absolute atomic E-state index is 11.9. The van der Waals surface area contributed by atoms with E-state index in [1.165, 1.54) is 0 Å². The van der Waals surface area contributed by atoms with Crippen LogP contribution < -0.4 is 4.72 Å². The Hall–Kier alpha value is -2.24. The molecule has 0 saturated heterocycles. The van der Waals surface area contributed by atoms with Crippen LogP contribution >= 0.6 is 0 Å². The third-order valence-electron chi connectivity index (χ3n) is 2.80. The van der Waals surface area contributed by atoms with Crippen LogP contribution in [0, 0.1) is 11.3 Å². The van der Waals surface area contributed by atoms with E-state index in [-0.39, 0.29) is 5.75 Å². The number of benzene rings is 1. The molecule has 0 aliphatic carbocycles. The lowest BCUT2D eigenvalue weighted by atomic mass is 10.2. The molecule has 0 saturated carbocycles. The molecule has 0 aliphatic rings. The topological polar surface area (TPSA) is 101 Å². The average molecular weight is 305 g/mol. The van der Waals surface area contributed by atoms with E-state index in [0.717, 1.165) is 0 Å². The molecule has 0 aliphatic heterocycles. The molecule has 8 heteroatoms. The Morgan fingerprint density at radius 2 is 2.05 bits per heavy atom. The molecule has 0 atom stereocenters. The maximum Gasteiger partial charge on any atom is 0.215 e. The molecule has 0 radical (unpaired) electrons. The van der Waals surface area contributed by atoms with E-state index in [2.05, 4.69) is 15.0 Å². The molecule has 1 heterocycles. The first kappa shape index (κ1) is 15.2. The van der Waals surface area contributed by atoms with Crippen molar-refractivity contribution >= 4 is 10.0 Å². The van der Waals surface area contributed by atoms with Crippen LogP contribution in [-0.2, 0) is 22.3 Å². The summed E-state index contributed by atoms with van der Waals surface area (Å²) in [7, 11) is -3.37. The van der Waals surface area contributed by atoms with Crippen LogP contribution in [0.3, 0.4) is 0 Å². The fraction of sp³-hybridized carbons (Fsp3) is 0.308. The molecule has 2 rings (SSSR count). The standard InChI is InChI=1S/C13H15N5O2S/c14-10-12-2-4-13(5-3-12)11-21(19,20)16-6-1-8-18-9-7-15-17-18/h2-5,7,9,16H,1,6,8,11H2. The van der Waals surface area contributed by atoms with Crippen LogP contribution in [0.25, 0.3) is 0 Å². The van der Waals surface area contributed by atoms with Crippen LogP contribution in [0.15, 0.2) is 36.7 Å². The molecular formula is C13H15N5O2S. The van der Waals surface area contributed by atoms with E-state index in [1.54, 1.807) is 41.3 Å². The summed E-state index contributed by atoms with van der Waals surface area (Å²) in [6.45, 7) is 0.956. The minimum atomic E-state index is -3.37. The van der Waals surface area contributed by atoms with Gasteiger partial charge in [-0.15, -0.1) is 5.10 Å². The Morgan fingerprint density at radius 1 is 1.29 bits per heavy atom. The monoisotopic (exact) mass is 305 g/mol. The van der Waals surface area contributed by atoms with Gasteiger partial charge in [0, 0.05) is 19.3 Å². The van der Waals surface area contributed by atoms with Gasteiger partial charge >= 0.3 is 0 Å². The minimum Gasteiger partial charge on any atom is -0.253 e. The summed E-state index contributed by atoms with van der Waals surface area (Å²) >= 11 is 0. The smallest absolute Gasteiger partial charge is 0.215 e. The molecule has 0 fully saturated rings. The largest absolute Gasteiger partial charge is 0.253 e. The summed E-state index contributed by atoms with van der Waals surface area (Å²) in [5.74, 6) is -0.0952. The molecule has 110 valence electrons. The van der Waals surface area contributed by atoms with E-state index in [1.807, 2.05) is 6.07 Å². The highest BCUT2D eigenvalue weighted by Crippen LogP contribution is 2.07. The molecule has 21 heavy (non-hydrogen) atoms. The van der Waals surface area contributed by atoms with Gasteiger partial charge in [-0.2, -0.15) is 5.26 Å². The third-order valence-corrected chi connectivity index (χ3v) is 4.15. The second-order valence-corrected chi connectivity index (χ2v) is 6.29. The number of aryl methyl sites for hydroxylation is 1. The molecule has 2 aromatic rings. The molecule has 1 aromatic heterocycles. The van der Waals surface area contributed by atoms with Crippen molar-refractivity contribution in [2.45, 2.75) is 18.7 Å². The third kappa shape index (κ3) is 4.98. The minimum absolute atomic E-state index is 0.0952. The number of hydrogen-bond acceptors (Lipinski definition) is 5. The van der Waals surface area contributed by atoms with Gasteiger partial charge in [0.1, 0.15) is 0 Å². The van der Waals surface area contributed by atoms with Crippen molar-refractivity contribution in [3.05, 3.63) is 47.8 Å². The molecule has 0 spiro atoms. The number of nitriles is 1. The zero-order valence-corrected chi connectivity index (χ0v) is 12.1. The maximum atomic E-state index is 11.9. The van der Waals surface area contributed by atoms with Gasteiger partial charge in [-0.1, -0.05) is 17.3 Å². The van der Waals surface area contributed by atoms with Crippen LogP contribution in [-0.4, -0.2) is 30.0 Å². The Labute approximate surface area is 123 Å². The number of nitrogens with one attached hydrogen (secondary N) is 1. The number of sulfonamides is 1. The number of aromatic nitrogens is 3. The zero-order valence-electron chi connectivity index (χ0n) is 11.3. The van der Waals surface area contributed by atoms with Crippen molar-refractivity contribution in [3.8, 4) is 6.07 Å². The zero-order chi connectivity index (χ0) is 15.1. The number of nitrogens with zero attached hydrogens (tertiary/aromatic N) is 4. The van der Waals surface area contributed by atoms with Crippen molar-refractivity contribution in [3.63, 3.8) is 0 Å². The Bertz CT molecular complexity index is 702. The van der Waals surface area contributed by atoms with Crippen LogP contribution in [0.2, 0.25) is 0 Å². The predicted molar refractivity (Wildman–Crippen MR) is 76.4 cm³/mol. The normalized spacial score (nSPS) is 11.2. The van der Waals surface area contributed by atoms with Crippen molar-refractivity contribution in [1.29, 1.82) is 5.26 Å². The predicted octanol–water partition coefficient (Wildman–Crippen LogP) is 0.659. The summed E-state index contributed by atoms with van der Waals surface area (Å²) < 4.78 is 28.0. The quantitative estimate of drug-likeness (QED) is 0.757. The lowest BCUT2D eigenvalue weighted by Gasteiger charge is -2.07. The summed E-state index contributed by atoms with van der Waals surface area (Å²) in [6.07, 6.45) is 3.94. The van der Waals surface area contributed by atoms with Crippen molar-refractivity contribution in [1.82, 2.24) is 19.7 Å². The summed E-state index contributed by atoms with van der Waals surface area (Å²) in [4.78, 5) is 0. The van der Waals surface area contributed by atoms with Crippen molar-refractivity contribution in [2.75, 3.05) is 6.54 Å². The second-order valence-electron chi connectivity index (χ2n) is 4.48. The molecule has 0 amide bonds. The van der Waals surface area contributed by atoms with E-state index in [0.29, 0.717) is 30.6 Å². The van der Waals surface area contributed by atoms with Gasteiger partial charge in [0.25, 0.3) is 0 Å². The van der Waals surface area contributed by atoms with Gasteiger partial charge in [0.2, 0.25) is 10.0 Å². The van der Waals surface area contributed by atoms with Gasteiger partial charge in [-0.25, -0.2) is 13.1 Å². The van der Waals surface area contributed by atoms with Crippen molar-refractivity contribution < 1.29 is 8.42 Å². The molecule has 1 aromatic carbocycles. The van der Waals surface area contributed by atoms with E-state index >= 15 is 0 Å². The molecule has 0 unspecified atom stereocenters. The van der Waals surface area contributed by atoms with Gasteiger partial charge in [0.05, 0.1) is 23.6 Å². The fourth-order valence-electron chi connectivity index (χ4n) is 1.77. The van der Waals surface area contributed by atoms with Crippen LogP contribution in [0.1, 0.15) is 17.5 Å².